The molecule has 2 aromatic carbocycles. The minimum atomic E-state index is -0.382. The minimum absolute atomic E-state index is 0.127. The van der Waals surface area contributed by atoms with Crippen molar-refractivity contribution in [3.8, 4) is 11.3 Å². The first-order valence-corrected chi connectivity index (χ1v) is 10.3. The quantitative estimate of drug-likeness (QED) is 0.681. The number of hydrogen-bond donors (Lipinski definition) is 2. The van der Waals surface area contributed by atoms with Gasteiger partial charge >= 0.3 is 0 Å². The van der Waals surface area contributed by atoms with E-state index in [0.29, 0.717) is 25.5 Å². The molecular formula is C25H26N2O3. The number of carbonyl (C=O) groups is 1. The summed E-state index contributed by atoms with van der Waals surface area (Å²) in [4.78, 5) is 28.3. The topological polar surface area (TPSA) is 71.2 Å². The summed E-state index contributed by atoms with van der Waals surface area (Å²) in [5, 5.41) is 3.00. The third kappa shape index (κ3) is 4.21. The molecule has 2 N–H and O–H groups in total. The fraction of sp³-hybridized carbons (Fsp3) is 0.280. The summed E-state index contributed by atoms with van der Waals surface area (Å²) in [5.41, 5.74) is 3.49. The lowest BCUT2D eigenvalue weighted by atomic mass is 9.74. The number of aromatic nitrogens is 1. The maximum absolute atomic E-state index is 12.8. The summed E-state index contributed by atoms with van der Waals surface area (Å²) >= 11 is 0. The fourth-order valence-corrected chi connectivity index (χ4v) is 4.10. The molecule has 0 atom stereocenters. The van der Waals surface area contributed by atoms with E-state index in [1.165, 1.54) is 5.56 Å². The maximum Gasteiger partial charge on any atom is 0.261 e. The molecule has 154 valence electrons. The Morgan fingerprint density at radius 3 is 2.50 bits per heavy atom. The van der Waals surface area contributed by atoms with Crippen molar-refractivity contribution in [1.29, 1.82) is 0 Å². The predicted molar refractivity (Wildman–Crippen MR) is 118 cm³/mol. The lowest BCUT2D eigenvalue weighted by Gasteiger charge is -2.38. The molecule has 0 aliphatic carbocycles. The minimum Gasteiger partial charge on any atom is -0.381 e. The van der Waals surface area contributed by atoms with Crippen molar-refractivity contribution in [2.24, 2.45) is 0 Å². The van der Waals surface area contributed by atoms with Crippen LogP contribution in [-0.2, 0) is 10.2 Å². The van der Waals surface area contributed by atoms with E-state index in [-0.39, 0.29) is 22.4 Å². The van der Waals surface area contributed by atoms with Crippen molar-refractivity contribution < 1.29 is 9.53 Å². The van der Waals surface area contributed by atoms with Crippen LogP contribution in [0.4, 0.5) is 0 Å². The van der Waals surface area contributed by atoms with Crippen LogP contribution in [0.25, 0.3) is 11.3 Å². The van der Waals surface area contributed by atoms with Gasteiger partial charge in [0.1, 0.15) is 5.56 Å². The van der Waals surface area contributed by atoms with Gasteiger partial charge in [-0.25, -0.2) is 0 Å². The van der Waals surface area contributed by atoms with Crippen LogP contribution in [0.5, 0.6) is 0 Å². The lowest BCUT2D eigenvalue weighted by Crippen LogP contribution is -2.45. The highest BCUT2D eigenvalue weighted by Gasteiger charge is 2.35. The summed E-state index contributed by atoms with van der Waals surface area (Å²) in [6.07, 6.45) is 1.67. The van der Waals surface area contributed by atoms with Gasteiger partial charge in [-0.1, -0.05) is 54.1 Å². The molecule has 2 heterocycles. The van der Waals surface area contributed by atoms with E-state index in [9.17, 15) is 9.59 Å². The number of benzene rings is 2. The van der Waals surface area contributed by atoms with Gasteiger partial charge in [-0.3, -0.25) is 9.59 Å². The van der Waals surface area contributed by atoms with Gasteiger partial charge in [0.15, 0.2) is 0 Å². The average Bonchev–Trinajstić information content (AvgIpc) is 2.78. The van der Waals surface area contributed by atoms with E-state index in [2.05, 4.69) is 22.4 Å². The SMILES string of the molecule is Cc1cccc(-c2ccc(C(=O)NCC3(c4ccccc4)CCOCC3)c(=O)[nH]2)c1. The summed E-state index contributed by atoms with van der Waals surface area (Å²) < 4.78 is 5.55. The zero-order valence-corrected chi connectivity index (χ0v) is 17.1. The van der Waals surface area contributed by atoms with Crippen molar-refractivity contribution in [3.63, 3.8) is 0 Å². The Morgan fingerprint density at radius 1 is 1.03 bits per heavy atom. The number of pyridine rings is 1. The van der Waals surface area contributed by atoms with Crippen LogP contribution >= 0.6 is 0 Å². The Hall–Kier alpha value is -3.18. The number of aryl methyl sites for hydroxylation is 1. The second-order valence-electron chi connectivity index (χ2n) is 7.93. The highest BCUT2D eigenvalue weighted by molar-refractivity contribution is 5.94. The Labute approximate surface area is 176 Å². The van der Waals surface area contributed by atoms with Crippen LogP contribution in [0.15, 0.2) is 71.5 Å². The second kappa shape index (κ2) is 8.67. The molecule has 4 rings (SSSR count). The molecule has 1 aliphatic heterocycles. The molecular weight excluding hydrogens is 376 g/mol. The van der Waals surface area contributed by atoms with Gasteiger partial charge < -0.3 is 15.0 Å². The Kier molecular flexibility index (Phi) is 5.81. The third-order valence-electron chi connectivity index (χ3n) is 5.91. The van der Waals surface area contributed by atoms with Gasteiger partial charge in [-0.2, -0.15) is 0 Å². The van der Waals surface area contributed by atoms with E-state index < -0.39 is 0 Å². The number of aromatic amines is 1. The third-order valence-corrected chi connectivity index (χ3v) is 5.91. The van der Waals surface area contributed by atoms with Crippen molar-refractivity contribution >= 4 is 5.91 Å². The summed E-state index contributed by atoms with van der Waals surface area (Å²) in [7, 11) is 0. The van der Waals surface area contributed by atoms with Crippen molar-refractivity contribution in [3.05, 3.63) is 93.8 Å². The van der Waals surface area contributed by atoms with Crippen molar-refractivity contribution in [1.82, 2.24) is 10.3 Å². The summed E-state index contributed by atoms with van der Waals surface area (Å²) in [5.74, 6) is -0.353. The highest BCUT2D eigenvalue weighted by atomic mass is 16.5. The molecule has 1 saturated heterocycles. The van der Waals surface area contributed by atoms with Crippen molar-refractivity contribution in [2.75, 3.05) is 19.8 Å². The molecule has 5 nitrogen and oxygen atoms in total. The fourth-order valence-electron chi connectivity index (χ4n) is 4.10. The summed E-state index contributed by atoms with van der Waals surface area (Å²) in [6, 6.07) is 21.5. The van der Waals surface area contributed by atoms with E-state index >= 15 is 0 Å². The van der Waals surface area contributed by atoms with Crippen LogP contribution in [-0.4, -0.2) is 30.6 Å². The smallest absolute Gasteiger partial charge is 0.261 e. The molecule has 1 fully saturated rings. The predicted octanol–water partition coefficient (Wildman–Crippen LogP) is 3.83. The number of carbonyl (C=O) groups excluding carboxylic acids is 1. The van der Waals surface area contributed by atoms with Crippen LogP contribution in [0.2, 0.25) is 0 Å². The first-order chi connectivity index (χ1) is 14.6. The molecule has 3 aromatic rings. The van der Waals surface area contributed by atoms with Gasteiger partial charge in [-0.15, -0.1) is 0 Å². The number of ether oxygens (including phenoxy) is 1. The first-order valence-electron chi connectivity index (χ1n) is 10.3. The molecule has 1 aliphatic rings. The van der Waals surface area contributed by atoms with Gasteiger partial charge in [-0.05, 0) is 49.1 Å². The van der Waals surface area contributed by atoms with Gasteiger partial charge in [0, 0.05) is 30.9 Å². The Morgan fingerprint density at radius 2 is 1.80 bits per heavy atom. The number of amides is 1. The van der Waals surface area contributed by atoms with E-state index in [1.807, 2.05) is 49.4 Å². The molecule has 0 bridgehead atoms. The Balaban J connectivity index is 1.53. The molecule has 1 amide bonds. The second-order valence-corrected chi connectivity index (χ2v) is 7.93. The van der Waals surface area contributed by atoms with Crippen LogP contribution in [0.1, 0.15) is 34.3 Å². The van der Waals surface area contributed by atoms with Gasteiger partial charge in [0.2, 0.25) is 0 Å². The Bertz CT molecular complexity index is 1080. The van der Waals surface area contributed by atoms with Crippen LogP contribution < -0.4 is 10.9 Å². The molecule has 5 heteroatoms. The average molecular weight is 402 g/mol. The van der Waals surface area contributed by atoms with E-state index in [0.717, 1.165) is 24.0 Å². The van der Waals surface area contributed by atoms with Crippen molar-refractivity contribution in [2.45, 2.75) is 25.2 Å². The molecule has 1 aromatic heterocycles. The first kappa shape index (κ1) is 20.1. The number of nitrogens with one attached hydrogen (secondary N) is 2. The lowest BCUT2D eigenvalue weighted by molar-refractivity contribution is 0.0487. The van der Waals surface area contributed by atoms with Crippen LogP contribution in [0, 0.1) is 6.92 Å². The molecule has 30 heavy (non-hydrogen) atoms. The number of hydrogen-bond acceptors (Lipinski definition) is 3. The molecule has 0 saturated carbocycles. The molecule has 0 unspecified atom stereocenters. The zero-order chi connectivity index (χ0) is 21.0. The van der Waals surface area contributed by atoms with Gasteiger partial charge in [0.25, 0.3) is 11.5 Å². The monoisotopic (exact) mass is 402 g/mol. The normalized spacial score (nSPS) is 15.5. The number of rotatable bonds is 5. The maximum atomic E-state index is 12.8. The zero-order valence-electron chi connectivity index (χ0n) is 17.1. The van der Waals surface area contributed by atoms with E-state index in [4.69, 9.17) is 4.74 Å². The number of H-pyrrole nitrogens is 1. The highest BCUT2D eigenvalue weighted by Crippen LogP contribution is 2.34. The largest absolute Gasteiger partial charge is 0.381 e. The standard InChI is InChI=1S/C25H26N2O3/c1-18-6-5-7-19(16-18)22-11-10-21(24(29)27-22)23(28)26-17-25(12-14-30-15-13-25)20-8-3-2-4-9-20/h2-11,16H,12-15,17H2,1H3,(H,26,28)(H,27,29). The molecule has 0 radical (unpaired) electrons. The molecule has 0 spiro atoms. The van der Waals surface area contributed by atoms with Crippen LogP contribution in [0.3, 0.4) is 0 Å². The van der Waals surface area contributed by atoms with E-state index in [1.54, 1.807) is 12.1 Å². The van der Waals surface area contributed by atoms with Gasteiger partial charge in [0.05, 0.1) is 0 Å². The summed E-state index contributed by atoms with van der Waals surface area (Å²) in [6.45, 7) is 3.80.